The number of sulfonamides is 1. The van der Waals surface area contributed by atoms with Crippen LogP contribution in [0.3, 0.4) is 0 Å². The van der Waals surface area contributed by atoms with Crippen LogP contribution in [0.2, 0.25) is 0 Å². The maximum atomic E-state index is 13.4. The third-order valence-corrected chi connectivity index (χ3v) is 7.35. The van der Waals surface area contributed by atoms with Gasteiger partial charge in [0, 0.05) is 12.5 Å². The summed E-state index contributed by atoms with van der Waals surface area (Å²) < 4.78 is 62.8. The Morgan fingerprint density at radius 2 is 1.62 bits per heavy atom. The van der Waals surface area contributed by atoms with Gasteiger partial charge in [0.15, 0.2) is 0 Å². The first-order valence-corrected chi connectivity index (χ1v) is 12.9. The number of carbonyl (C=O) groups excluding carboxylic acids is 1. The van der Waals surface area contributed by atoms with Crippen molar-refractivity contribution in [3.8, 4) is 0 Å². The number of para-hydroxylation sites is 1. The van der Waals surface area contributed by atoms with Crippen molar-refractivity contribution in [3.05, 3.63) is 60.2 Å². The van der Waals surface area contributed by atoms with Crippen molar-refractivity contribution in [2.24, 2.45) is 0 Å². The van der Waals surface area contributed by atoms with Gasteiger partial charge in [0.1, 0.15) is 12.6 Å². The number of hydrogen-bond donors (Lipinski definition) is 1. The van der Waals surface area contributed by atoms with E-state index >= 15 is 0 Å². The van der Waals surface area contributed by atoms with E-state index in [2.05, 4.69) is 8.91 Å². The number of esters is 1. The Bertz CT molecular complexity index is 1200. The Hall–Kier alpha value is -1.60. The number of fused-ring (bicyclic) bond motifs is 1. The van der Waals surface area contributed by atoms with Crippen LogP contribution in [-0.2, 0) is 34.0 Å². The molecule has 3 rings (SSSR count). The molecule has 0 bridgehead atoms. The van der Waals surface area contributed by atoms with Crippen molar-refractivity contribution in [2.75, 3.05) is 10.9 Å². The lowest BCUT2D eigenvalue weighted by molar-refractivity contribution is -0.146. The van der Waals surface area contributed by atoms with Crippen LogP contribution in [0.1, 0.15) is 18.5 Å². The van der Waals surface area contributed by atoms with Gasteiger partial charge < -0.3 is 4.74 Å². The summed E-state index contributed by atoms with van der Waals surface area (Å²) in [6, 6.07) is 12.2. The maximum Gasteiger partial charge on any atom is 0.336 e. The normalized spacial score (nSPS) is 18.9. The molecule has 1 heterocycles. The third kappa shape index (κ3) is 5.66. The maximum absolute atomic E-state index is 13.4. The molecule has 1 aliphatic rings. The average molecular weight is 544 g/mol. The summed E-state index contributed by atoms with van der Waals surface area (Å²) in [4.78, 5) is 11.7. The monoisotopic (exact) mass is 542 g/mol. The van der Waals surface area contributed by atoms with Gasteiger partial charge in [-0.25, -0.2) is 12.7 Å². The Labute approximate surface area is 200 Å². The lowest BCUT2D eigenvalue weighted by atomic mass is 10.1. The van der Waals surface area contributed by atoms with Crippen LogP contribution in [-0.4, -0.2) is 39.4 Å². The van der Waals surface area contributed by atoms with Crippen LogP contribution in [0.5, 0.6) is 0 Å². The van der Waals surface area contributed by atoms with Crippen LogP contribution in [0, 0.1) is 0 Å². The SMILES string of the molecule is CC(=O)O[C@H]1[C@@H](NS(=O)(=O)OCC(Cl)(Cl)Cl)c2ccccc2N1S(=O)(=O)c1ccccc1. The molecule has 2 atom stereocenters. The summed E-state index contributed by atoms with van der Waals surface area (Å²) in [5.41, 5.74) is 0.357. The van der Waals surface area contributed by atoms with Crippen LogP contribution in [0.25, 0.3) is 0 Å². The highest BCUT2D eigenvalue weighted by Crippen LogP contribution is 2.43. The standard InChI is InChI=1S/C18H17Cl3N2O7S2/c1-12(24)30-17-16(22-32(27,28)29-11-18(19,20)21)14-9-5-6-10-15(14)23(17)31(25,26)13-7-3-2-4-8-13/h2-10,16-17,22H,11H2,1H3/t16-,17-/m0/s1. The number of halogens is 3. The van der Waals surface area contributed by atoms with Crippen molar-refractivity contribution in [1.82, 2.24) is 4.72 Å². The van der Waals surface area contributed by atoms with Gasteiger partial charge in [0.2, 0.25) is 10.0 Å². The van der Waals surface area contributed by atoms with Crippen LogP contribution < -0.4 is 9.03 Å². The molecule has 2 aromatic rings. The number of carbonyl (C=O) groups is 1. The highest BCUT2D eigenvalue weighted by atomic mass is 35.6. The fourth-order valence-electron chi connectivity index (χ4n) is 3.09. The minimum absolute atomic E-state index is 0.0806. The largest absolute Gasteiger partial charge is 0.439 e. The Kier molecular flexibility index (Phi) is 7.30. The van der Waals surface area contributed by atoms with E-state index in [9.17, 15) is 21.6 Å². The van der Waals surface area contributed by atoms with Gasteiger partial charge in [-0.1, -0.05) is 71.2 Å². The highest BCUT2D eigenvalue weighted by molar-refractivity contribution is 7.93. The number of nitrogens with zero attached hydrogens (tertiary/aromatic N) is 1. The van der Waals surface area contributed by atoms with Gasteiger partial charge in [-0.15, -0.1) is 0 Å². The number of benzene rings is 2. The fraction of sp³-hybridized carbons (Fsp3) is 0.278. The Morgan fingerprint density at radius 3 is 2.22 bits per heavy atom. The molecule has 0 saturated carbocycles. The summed E-state index contributed by atoms with van der Waals surface area (Å²) in [7, 11) is -8.81. The third-order valence-electron chi connectivity index (χ3n) is 4.26. The summed E-state index contributed by atoms with van der Waals surface area (Å²) in [6.07, 6.45) is -1.58. The van der Waals surface area contributed by atoms with Crippen molar-refractivity contribution >= 4 is 66.8 Å². The van der Waals surface area contributed by atoms with E-state index in [1.165, 1.54) is 36.4 Å². The molecule has 9 nitrogen and oxygen atoms in total. The van der Waals surface area contributed by atoms with Gasteiger partial charge in [-0.05, 0) is 18.2 Å². The van der Waals surface area contributed by atoms with Gasteiger partial charge in [-0.3, -0.25) is 8.98 Å². The van der Waals surface area contributed by atoms with Gasteiger partial charge >= 0.3 is 16.3 Å². The average Bonchev–Trinajstić information content (AvgIpc) is 2.99. The van der Waals surface area contributed by atoms with E-state index in [0.717, 1.165) is 11.2 Å². The smallest absolute Gasteiger partial charge is 0.336 e. The summed E-state index contributed by atoms with van der Waals surface area (Å²) in [6.45, 7) is 0.271. The number of hydrogen-bond acceptors (Lipinski definition) is 7. The number of nitrogens with one attached hydrogen (secondary N) is 1. The summed E-state index contributed by atoms with van der Waals surface area (Å²) in [5, 5.41) is 0. The minimum Gasteiger partial charge on any atom is -0.439 e. The van der Waals surface area contributed by atoms with Crippen molar-refractivity contribution in [2.45, 2.75) is 27.9 Å². The topological polar surface area (TPSA) is 119 Å². The lowest BCUT2D eigenvalue weighted by Crippen LogP contribution is -2.46. The zero-order valence-corrected chi connectivity index (χ0v) is 20.2. The van der Waals surface area contributed by atoms with Crippen molar-refractivity contribution in [3.63, 3.8) is 0 Å². The highest BCUT2D eigenvalue weighted by Gasteiger charge is 2.48. The quantitative estimate of drug-likeness (QED) is 0.421. The Balaban J connectivity index is 2.07. The van der Waals surface area contributed by atoms with Crippen LogP contribution in [0.15, 0.2) is 59.5 Å². The molecule has 0 unspecified atom stereocenters. The summed E-state index contributed by atoms with van der Waals surface area (Å²) >= 11 is 16.6. The molecule has 0 radical (unpaired) electrons. The minimum atomic E-state index is -4.56. The molecule has 0 amide bonds. The molecule has 174 valence electrons. The molecular weight excluding hydrogens is 527 g/mol. The molecule has 1 aliphatic heterocycles. The van der Waals surface area contributed by atoms with E-state index in [1.54, 1.807) is 18.2 Å². The van der Waals surface area contributed by atoms with Gasteiger partial charge in [-0.2, -0.15) is 13.1 Å². The molecule has 0 saturated heterocycles. The predicted molar refractivity (Wildman–Crippen MR) is 119 cm³/mol. The molecule has 32 heavy (non-hydrogen) atoms. The molecule has 0 aliphatic carbocycles. The lowest BCUT2D eigenvalue weighted by Gasteiger charge is -2.29. The first kappa shape index (κ1) is 25.0. The zero-order valence-electron chi connectivity index (χ0n) is 16.3. The van der Waals surface area contributed by atoms with E-state index in [4.69, 9.17) is 39.5 Å². The number of alkyl halides is 3. The molecule has 0 spiro atoms. The second-order valence-electron chi connectivity index (χ2n) is 6.60. The summed E-state index contributed by atoms with van der Waals surface area (Å²) in [5.74, 6) is -0.831. The second-order valence-corrected chi connectivity index (χ2v) is 12.3. The first-order chi connectivity index (χ1) is 14.8. The van der Waals surface area contributed by atoms with Gasteiger partial charge in [0.05, 0.1) is 10.6 Å². The van der Waals surface area contributed by atoms with Crippen molar-refractivity contribution < 1.29 is 30.6 Å². The van der Waals surface area contributed by atoms with Crippen molar-refractivity contribution in [1.29, 1.82) is 0 Å². The molecule has 0 aromatic heterocycles. The zero-order chi connectivity index (χ0) is 23.7. The predicted octanol–water partition coefficient (Wildman–Crippen LogP) is 3.05. The van der Waals surface area contributed by atoms with Crippen LogP contribution in [0.4, 0.5) is 5.69 Å². The second kappa shape index (κ2) is 9.34. The molecule has 0 fully saturated rings. The van der Waals surface area contributed by atoms with E-state index < -0.39 is 49.0 Å². The molecule has 14 heteroatoms. The van der Waals surface area contributed by atoms with Crippen LogP contribution >= 0.6 is 34.8 Å². The first-order valence-electron chi connectivity index (χ1n) is 8.91. The van der Waals surface area contributed by atoms with E-state index in [0.29, 0.717) is 0 Å². The number of anilines is 1. The number of ether oxygens (including phenoxy) is 1. The molecule has 1 N–H and O–H groups in total. The van der Waals surface area contributed by atoms with E-state index in [1.807, 2.05) is 0 Å². The fourth-order valence-corrected chi connectivity index (χ4v) is 5.99. The molecule has 2 aromatic carbocycles. The Morgan fingerprint density at radius 1 is 1.03 bits per heavy atom. The van der Waals surface area contributed by atoms with E-state index in [-0.39, 0.29) is 16.1 Å². The number of rotatable bonds is 7. The molecular formula is C18H17Cl3N2O7S2. The van der Waals surface area contributed by atoms with Gasteiger partial charge in [0.25, 0.3) is 10.0 Å².